The lowest BCUT2D eigenvalue weighted by atomic mass is 9.90. The number of carbonyl (C=O) groups excluding carboxylic acids is 2. The van der Waals surface area contributed by atoms with Crippen LogP contribution in [0.15, 0.2) is 84.9 Å². The van der Waals surface area contributed by atoms with E-state index in [1.165, 1.54) is 0 Å². The number of rotatable bonds is 7. The Morgan fingerprint density at radius 2 is 1.41 bits per heavy atom. The summed E-state index contributed by atoms with van der Waals surface area (Å²) in [5.41, 5.74) is 7.16. The van der Waals surface area contributed by atoms with Crippen molar-refractivity contribution in [3.05, 3.63) is 102 Å². The van der Waals surface area contributed by atoms with Crippen LogP contribution < -0.4 is 20.9 Å². The van der Waals surface area contributed by atoms with Crippen molar-refractivity contribution in [3.8, 4) is 5.75 Å². The lowest BCUT2D eigenvalue weighted by Gasteiger charge is -2.19. The molecule has 7 heteroatoms. The minimum atomic E-state index is -0.545. The van der Waals surface area contributed by atoms with Gasteiger partial charge in [0.05, 0.1) is 18.1 Å². The summed E-state index contributed by atoms with van der Waals surface area (Å²) in [6.07, 6.45) is 0.828. The average Bonchev–Trinajstić information content (AvgIpc) is 2.83. The van der Waals surface area contributed by atoms with Crippen molar-refractivity contribution in [1.29, 1.82) is 0 Å². The number of hydrogen-bond donors (Lipinski definition) is 3. The van der Waals surface area contributed by atoms with E-state index >= 15 is 0 Å². The lowest BCUT2D eigenvalue weighted by molar-refractivity contribution is -0.120. The highest BCUT2D eigenvalue weighted by Crippen LogP contribution is 2.24. The Bertz CT molecular complexity index is 1020. The maximum absolute atomic E-state index is 13.1. The monoisotopic (exact) mass is 447 g/mol. The Morgan fingerprint density at radius 1 is 0.844 bits per heavy atom. The van der Waals surface area contributed by atoms with Gasteiger partial charge in [0.1, 0.15) is 5.75 Å². The van der Waals surface area contributed by atoms with Crippen LogP contribution in [0.4, 0.5) is 0 Å². The molecule has 3 aromatic rings. The van der Waals surface area contributed by atoms with Crippen molar-refractivity contribution < 1.29 is 14.3 Å². The maximum atomic E-state index is 13.1. The second-order valence-corrected chi connectivity index (χ2v) is 7.40. The SMILES string of the molecule is CCCOc1ccccc1C(=O)NNC(=S)NC(=O)C(c1ccccc1)c1ccccc1. The van der Waals surface area contributed by atoms with Gasteiger partial charge in [0, 0.05) is 0 Å². The smallest absolute Gasteiger partial charge is 0.273 e. The maximum Gasteiger partial charge on any atom is 0.273 e. The van der Waals surface area contributed by atoms with Gasteiger partial charge in [-0.3, -0.25) is 20.4 Å². The molecule has 0 saturated heterocycles. The van der Waals surface area contributed by atoms with Crippen molar-refractivity contribution >= 4 is 29.1 Å². The third kappa shape index (κ3) is 6.15. The van der Waals surface area contributed by atoms with Crippen LogP contribution in [0.3, 0.4) is 0 Å². The molecule has 0 atom stereocenters. The summed E-state index contributed by atoms with van der Waals surface area (Å²) in [6, 6.07) is 25.8. The van der Waals surface area contributed by atoms with Gasteiger partial charge in [-0.15, -0.1) is 0 Å². The fourth-order valence-corrected chi connectivity index (χ4v) is 3.33. The molecule has 0 aliphatic carbocycles. The third-order valence-corrected chi connectivity index (χ3v) is 4.85. The first-order chi connectivity index (χ1) is 15.6. The minimum Gasteiger partial charge on any atom is -0.493 e. The number of amides is 2. The van der Waals surface area contributed by atoms with Gasteiger partial charge in [0.2, 0.25) is 5.91 Å². The summed E-state index contributed by atoms with van der Waals surface area (Å²) < 4.78 is 5.62. The molecule has 0 saturated carbocycles. The van der Waals surface area contributed by atoms with Crippen LogP contribution >= 0.6 is 12.2 Å². The number of benzene rings is 3. The molecule has 3 N–H and O–H groups in total. The summed E-state index contributed by atoms with van der Waals surface area (Å²) in [5, 5.41) is 2.66. The molecule has 0 radical (unpaired) electrons. The molecule has 0 heterocycles. The van der Waals surface area contributed by atoms with Crippen molar-refractivity contribution in [3.63, 3.8) is 0 Å². The van der Waals surface area contributed by atoms with E-state index in [1.807, 2.05) is 67.6 Å². The molecule has 0 aromatic heterocycles. The summed E-state index contributed by atoms with van der Waals surface area (Å²) >= 11 is 5.23. The summed E-state index contributed by atoms with van der Waals surface area (Å²) in [7, 11) is 0. The molecule has 32 heavy (non-hydrogen) atoms. The third-order valence-electron chi connectivity index (χ3n) is 4.65. The number of hydrazine groups is 1. The molecule has 164 valence electrons. The number of ether oxygens (including phenoxy) is 1. The van der Waals surface area contributed by atoms with Crippen molar-refractivity contribution in [2.45, 2.75) is 19.3 Å². The van der Waals surface area contributed by atoms with Gasteiger partial charge >= 0.3 is 0 Å². The first kappa shape index (κ1) is 23.0. The van der Waals surface area contributed by atoms with Crippen LogP contribution in [0.1, 0.15) is 40.7 Å². The van der Waals surface area contributed by atoms with E-state index < -0.39 is 11.8 Å². The van der Waals surface area contributed by atoms with Crippen molar-refractivity contribution in [2.24, 2.45) is 0 Å². The first-order valence-corrected chi connectivity index (χ1v) is 10.7. The summed E-state index contributed by atoms with van der Waals surface area (Å²) in [6.45, 7) is 2.50. The second-order valence-electron chi connectivity index (χ2n) is 7.00. The molecule has 0 aliphatic heterocycles. The average molecular weight is 448 g/mol. The van der Waals surface area contributed by atoms with Crippen molar-refractivity contribution in [2.75, 3.05) is 6.61 Å². The number of thiocarbonyl (C=S) groups is 1. The van der Waals surface area contributed by atoms with E-state index in [0.717, 1.165) is 17.5 Å². The highest BCUT2D eigenvalue weighted by Gasteiger charge is 2.23. The van der Waals surface area contributed by atoms with Crippen molar-refractivity contribution in [1.82, 2.24) is 16.2 Å². The standard InChI is InChI=1S/C25H25N3O3S/c1-2-17-31-21-16-10-9-15-20(21)23(29)27-28-25(32)26-24(30)22(18-11-5-3-6-12-18)19-13-7-4-8-14-19/h3-16,22H,2,17H2,1H3,(H,27,29)(H2,26,28,30,32). The summed E-state index contributed by atoms with van der Waals surface area (Å²) in [5.74, 6) is -0.787. The molecule has 0 bridgehead atoms. The topological polar surface area (TPSA) is 79.5 Å². The quantitative estimate of drug-likeness (QED) is 0.378. The van der Waals surface area contributed by atoms with Gasteiger partial charge in [-0.05, 0) is 41.9 Å². The molecule has 6 nitrogen and oxygen atoms in total. The van der Waals surface area contributed by atoms with Gasteiger partial charge in [0.25, 0.3) is 5.91 Å². The van der Waals surface area contributed by atoms with Crippen LogP contribution in [0.5, 0.6) is 5.75 Å². The fourth-order valence-electron chi connectivity index (χ4n) is 3.17. The van der Waals surface area contributed by atoms with Gasteiger partial charge in [0.15, 0.2) is 5.11 Å². The Kier molecular flexibility index (Phi) is 8.34. The Hall–Kier alpha value is -3.71. The van der Waals surface area contributed by atoms with Crippen LogP contribution in [-0.2, 0) is 4.79 Å². The Morgan fingerprint density at radius 3 is 2.00 bits per heavy atom. The molecule has 0 unspecified atom stereocenters. The predicted molar refractivity (Wildman–Crippen MR) is 128 cm³/mol. The highest BCUT2D eigenvalue weighted by molar-refractivity contribution is 7.80. The minimum absolute atomic E-state index is 0.00725. The molecule has 0 spiro atoms. The van der Waals surface area contributed by atoms with E-state index in [0.29, 0.717) is 17.9 Å². The highest BCUT2D eigenvalue weighted by atomic mass is 32.1. The zero-order valence-electron chi connectivity index (χ0n) is 17.7. The second kappa shape index (κ2) is 11.6. The van der Waals surface area contributed by atoms with E-state index in [2.05, 4.69) is 16.2 Å². The molecule has 0 fully saturated rings. The first-order valence-electron chi connectivity index (χ1n) is 10.3. The van der Waals surface area contributed by atoms with Crippen LogP contribution in [0.2, 0.25) is 0 Å². The van der Waals surface area contributed by atoms with E-state index in [9.17, 15) is 9.59 Å². The number of carbonyl (C=O) groups is 2. The molecule has 3 aromatic carbocycles. The molecular formula is C25H25N3O3S. The lowest BCUT2D eigenvalue weighted by Crippen LogP contribution is -2.49. The Labute approximate surface area is 193 Å². The Balaban J connectivity index is 1.65. The van der Waals surface area contributed by atoms with E-state index in [-0.39, 0.29) is 11.0 Å². The zero-order valence-corrected chi connectivity index (χ0v) is 18.5. The van der Waals surface area contributed by atoms with Gasteiger partial charge in [-0.25, -0.2) is 0 Å². The molecule has 2 amide bonds. The van der Waals surface area contributed by atoms with Gasteiger partial charge in [-0.2, -0.15) is 0 Å². The van der Waals surface area contributed by atoms with Gasteiger partial charge < -0.3 is 10.1 Å². The normalized spacial score (nSPS) is 10.3. The zero-order chi connectivity index (χ0) is 22.8. The number of nitrogens with one attached hydrogen (secondary N) is 3. The van der Waals surface area contributed by atoms with E-state index in [4.69, 9.17) is 17.0 Å². The van der Waals surface area contributed by atoms with Crippen LogP contribution in [0.25, 0.3) is 0 Å². The molecule has 0 aliphatic rings. The van der Waals surface area contributed by atoms with E-state index in [1.54, 1.807) is 24.3 Å². The number of hydrogen-bond acceptors (Lipinski definition) is 4. The molecular weight excluding hydrogens is 422 g/mol. The summed E-state index contributed by atoms with van der Waals surface area (Å²) in [4.78, 5) is 25.6. The number of para-hydroxylation sites is 1. The predicted octanol–water partition coefficient (Wildman–Crippen LogP) is 3.94. The van der Waals surface area contributed by atoms with Gasteiger partial charge in [-0.1, -0.05) is 79.7 Å². The van der Waals surface area contributed by atoms with Crippen LogP contribution in [-0.4, -0.2) is 23.5 Å². The largest absolute Gasteiger partial charge is 0.493 e. The molecule has 3 rings (SSSR count). The van der Waals surface area contributed by atoms with Crippen LogP contribution in [0, 0.1) is 0 Å². The fraction of sp³-hybridized carbons (Fsp3) is 0.160.